The molecule has 0 bridgehead atoms. The molecule has 0 saturated carbocycles. The van der Waals surface area contributed by atoms with Crippen molar-refractivity contribution in [1.29, 1.82) is 0 Å². The van der Waals surface area contributed by atoms with Crippen molar-refractivity contribution in [2.24, 2.45) is 5.92 Å². The minimum absolute atomic E-state index is 0.0652. The molecular weight excluding hydrogens is 637 g/mol. The monoisotopic (exact) mass is 667 g/mol. The van der Waals surface area contributed by atoms with Gasteiger partial charge in [0.2, 0.25) is 11.8 Å². The van der Waals surface area contributed by atoms with E-state index in [2.05, 4.69) is 27.9 Å². The fourth-order valence-electron chi connectivity index (χ4n) is 3.72. The first kappa shape index (κ1) is 29.9. The van der Waals surface area contributed by atoms with E-state index in [1.54, 1.807) is 67.6 Å². The number of halogens is 2. The van der Waals surface area contributed by atoms with E-state index in [1.807, 2.05) is 19.9 Å². The molecule has 38 heavy (non-hydrogen) atoms. The van der Waals surface area contributed by atoms with E-state index >= 15 is 0 Å². The van der Waals surface area contributed by atoms with Crippen LogP contribution in [0.25, 0.3) is 0 Å². The Hall–Kier alpha value is -2.63. The first-order valence-electron chi connectivity index (χ1n) is 12.1. The van der Waals surface area contributed by atoms with E-state index in [0.717, 1.165) is 13.4 Å². The molecule has 1 unspecified atom stereocenters. The van der Waals surface area contributed by atoms with Gasteiger partial charge in [-0.3, -0.25) is 13.9 Å². The number of hydrogen-bond donors (Lipinski definition) is 1. The molecule has 0 radical (unpaired) electrons. The van der Waals surface area contributed by atoms with Gasteiger partial charge in [-0.15, -0.1) is 0 Å². The molecule has 7 nitrogen and oxygen atoms in total. The SMILES string of the molecule is CC(C)CNC(=O)C(C)N(Cc1cccc(Cl)c1)C(=O)CN(c1ccc(I)cc1)S(=O)(=O)c1ccccc1. The van der Waals surface area contributed by atoms with Gasteiger partial charge >= 0.3 is 0 Å². The number of carbonyl (C=O) groups excluding carboxylic acids is 2. The van der Waals surface area contributed by atoms with Crippen LogP contribution in [-0.4, -0.2) is 44.3 Å². The molecule has 1 atom stereocenters. The molecule has 3 aromatic carbocycles. The lowest BCUT2D eigenvalue weighted by Gasteiger charge is -2.32. The van der Waals surface area contributed by atoms with Crippen molar-refractivity contribution >= 4 is 61.7 Å². The smallest absolute Gasteiger partial charge is 0.264 e. The minimum Gasteiger partial charge on any atom is -0.354 e. The highest BCUT2D eigenvalue weighted by Gasteiger charge is 2.32. The van der Waals surface area contributed by atoms with Gasteiger partial charge in [0.1, 0.15) is 12.6 Å². The van der Waals surface area contributed by atoms with E-state index < -0.39 is 28.5 Å². The van der Waals surface area contributed by atoms with Crippen molar-refractivity contribution in [3.05, 3.63) is 93.0 Å². The number of anilines is 1. The number of rotatable bonds is 11. The summed E-state index contributed by atoms with van der Waals surface area (Å²) in [4.78, 5) is 28.3. The second kappa shape index (κ2) is 13.4. The van der Waals surface area contributed by atoms with Gasteiger partial charge in [0, 0.05) is 21.7 Å². The molecule has 10 heteroatoms. The average molecular weight is 668 g/mol. The van der Waals surface area contributed by atoms with Gasteiger partial charge in [-0.05, 0) is 89.5 Å². The number of benzene rings is 3. The van der Waals surface area contributed by atoms with Crippen molar-refractivity contribution < 1.29 is 18.0 Å². The van der Waals surface area contributed by atoms with Gasteiger partial charge in [0.15, 0.2) is 0 Å². The second-order valence-corrected chi connectivity index (χ2v) is 12.8. The maximum absolute atomic E-state index is 13.9. The average Bonchev–Trinajstić information content (AvgIpc) is 2.89. The molecule has 0 aliphatic carbocycles. The molecule has 1 N–H and O–H groups in total. The summed E-state index contributed by atoms with van der Waals surface area (Å²) in [5, 5.41) is 3.37. The van der Waals surface area contributed by atoms with Crippen LogP contribution in [0.1, 0.15) is 26.3 Å². The van der Waals surface area contributed by atoms with Crippen LogP contribution in [0.2, 0.25) is 5.02 Å². The Balaban J connectivity index is 1.99. The fourth-order valence-corrected chi connectivity index (χ4v) is 5.73. The van der Waals surface area contributed by atoms with E-state index in [4.69, 9.17) is 11.6 Å². The fraction of sp³-hybridized carbons (Fsp3) is 0.286. The highest BCUT2D eigenvalue weighted by molar-refractivity contribution is 14.1. The Morgan fingerprint density at radius 1 is 0.947 bits per heavy atom. The quantitative estimate of drug-likeness (QED) is 0.280. The Bertz CT molecular complexity index is 1350. The highest BCUT2D eigenvalue weighted by atomic mass is 127. The van der Waals surface area contributed by atoms with Crippen LogP contribution < -0.4 is 9.62 Å². The third kappa shape index (κ3) is 7.94. The summed E-state index contributed by atoms with van der Waals surface area (Å²) in [5.41, 5.74) is 1.07. The van der Waals surface area contributed by atoms with E-state index in [1.165, 1.54) is 17.0 Å². The molecule has 0 heterocycles. The number of amides is 2. The number of nitrogens with zero attached hydrogens (tertiary/aromatic N) is 2. The molecule has 0 aliphatic rings. The predicted molar refractivity (Wildman–Crippen MR) is 159 cm³/mol. The number of nitrogens with one attached hydrogen (secondary N) is 1. The Morgan fingerprint density at radius 3 is 2.21 bits per heavy atom. The lowest BCUT2D eigenvalue weighted by atomic mass is 10.1. The summed E-state index contributed by atoms with van der Waals surface area (Å²) in [6.07, 6.45) is 0. The summed E-state index contributed by atoms with van der Waals surface area (Å²) in [5.74, 6) is -0.605. The maximum atomic E-state index is 13.9. The van der Waals surface area contributed by atoms with Crippen molar-refractivity contribution in [2.45, 2.75) is 38.3 Å². The number of sulfonamides is 1. The summed E-state index contributed by atoms with van der Waals surface area (Å²) >= 11 is 8.30. The van der Waals surface area contributed by atoms with Gasteiger partial charge < -0.3 is 10.2 Å². The van der Waals surface area contributed by atoms with Crippen LogP contribution in [0.15, 0.2) is 83.8 Å². The van der Waals surface area contributed by atoms with Crippen LogP contribution in [0.5, 0.6) is 0 Å². The standard InChI is InChI=1S/C28H31ClIN3O4S/c1-20(2)17-31-28(35)21(3)32(18-22-8-7-9-23(29)16-22)27(34)19-33(25-14-12-24(30)13-15-25)38(36,37)26-10-5-4-6-11-26/h4-16,20-21H,17-19H2,1-3H3,(H,31,35). The normalized spacial score (nSPS) is 12.2. The maximum Gasteiger partial charge on any atom is 0.264 e. The summed E-state index contributed by atoms with van der Waals surface area (Å²) in [7, 11) is -4.08. The van der Waals surface area contributed by atoms with Crippen molar-refractivity contribution in [2.75, 3.05) is 17.4 Å². The van der Waals surface area contributed by atoms with E-state index in [-0.39, 0.29) is 23.3 Å². The zero-order valence-corrected chi connectivity index (χ0v) is 25.2. The lowest BCUT2D eigenvalue weighted by molar-refractivity contribution is -0.139. The second-order valence-electron chi connectivity index (χ2n) is 9.27. The van der Waals surface area contributed by atoms with E-state index in [9.17, 15) is 18.0 Å². The first-order chi connectivity index (χ1) is 18.0. The lowest BCUT2D eigenvalue weighted by Crippen LogP contribution is -2.51. The topological polar surface area (TPSA) is 86.8 Å². The van der Waals surface area contributed by atoms with Crippen molar-refractivity contribution in [3.8, 4) is 0 Å². The zero-order valence-electron chi connectivity index (χ0n) is 21.5. The van der Waals surface area contributed by atoms with Crippen molar-refractivity contribution in [3.63, 3.8) is 0 Å². The third-order valence-corrected chi connectivity index (χ3v) is 8.56. The Labute approximate surface area is 243 Å². The summed E-state index contributed by atoms with van der Waals surface area (Å²) in [6.45, 7) is 5.65. The number of hydrogen-bond acceptors (Lipinski definition) is 4. The highest BCUT2D eigenvalue weighted by Crippen LogP contribution is 2.25. The molecule has 3 rings (SSSR count). The van der Waals surface area contributed by atoms with Crippen LogP contribution in [0.3, 0.4) is 0 Å². The minimum atomic E-state index is -4.08. The van der Waals surface area contributed by atoms with Gasteiger partial charge in [-0.2, -0.15) is 0 Å². The largest absolute Gasteiger partial charge is 0.354 e. The van der Waals surface area contributed by atoms with Crippen molar-refractivity contribution in [1.82, 2.24) is 10.2 Å². The molecular formula is C28H31ClIN3O4S. The molecule has 0 saturated heterocycles. The Kier molecular flexibility index (Phi) is 10.6. The van der Waals surface area contributed by atoms with Gasteiger partial charge in [-0.1, -0.05) is 55.8 Å². The molecule has 0 fully saturated rings. The molecule has 3 aromatic rings. The van der Waals surface area contributed by atoms with Gasteiger partial charge in [-0.25, -0.2) is 8.42 Å². The van der Waals surface area contributed by atoms with E-state index in [0.29, 0.717) is 17.3 Å². The van der Waals surface area contributed by atoms with Crippen LogP contribution in [-0.2, 0) is 26.2 Å². The van der Waals surface area contributed by atoms with Gasteiger partial charge in [0.05, 0.1) is 10.6 Å². The summed E-state index contributed by atoms with van der Waals surface area (Å²) in [6, 6.07) is 21.0. The van der Waals surface area contributed by atoms with Gasteiger partial charge in [0.25, 0.3) is 10.0 Å². The Morgan fingerprint density at radius 2 is 1.61 bits per heavy atom. The zero-order chi connectivity index (χ0) is 27.9. The summed E-state index contributed by atoms with van der Waals surface area (Å²) < 4.78 is 29.4. The van der Waals surface area contributed by atoms with Crippen LogP contribution in [0, 0.1) is 9.49 Å². The molecule has 0 spiro atoms. The van der Waals surface area contributed by atoms with Crippen LogP contribution in [0.4, 0.5) is 5.69 Å². The molecule has 202 valence electrons. The predicted octanol–water partition coefficient (Wildman–Crippen LogP) is 5.33. The first-order valence-corrected chi connectivity index (χ1v) is 15.0. The third-order valence-electron chi connectivity index (χ3n) is 5.82. The van der Waals surface area contributed by atoms with Crippen LogP contribution >= 0.6 is 34.2 Å². The molecule has 0 aliphatic heterocycles. The number of carbonyl (C=O) groups is 2. The molecule has 2 amide bonds. The molecule has 0 aromatic heterocycles.